The number of aromatic nitrogens is 2. The van der Waals surface area contributed by atoms with Gasteiger partial charge in [-0.3, -0.25) is 19.3 Å². The van der Waals surface area contributed by atoms with E-state index in [2.05, 4.69) is 32.6 Å². The predicted molar refractivity (Wildman–Crippen MR) is 139 cm³/mol. The summed E-state index contributed by atoms with van der Waals surface area (Å²) < 4.78 is 1.93. The zero-order valence-corrected chi connectivity index (χ0v) is 20.8. The van der Waals surface area contributed by atoms with Crippen molar-refractivity contribution in [2.45, 2.75) is 38.6 Å². The standard InChI is InChI=1S/C26H28N6O2S/c1-18-22(19(2)31(30-18)17-21-12-8-5-9-13-21)16-29-32-25(34)23(35-26(32)27-3)14-24(33)28-15-20-10-6-4-7-11-20/h4-13,16,23H,14-15,17H2,1-3H3,(H,28,33)/b27-26?,29-16-/t23-/m1/s1. The van der Waals surface area contributed by atoms with Gasteiger partial charge in [0.05, 0.1) is 18.5 Å². The molecule has 1 atom stereocenters. The smallest absolute Gasteiger partial charge is 0.263 e. The van der Waals surface area contributed by atoms with Crippen LogP contribution in [0.1, 0.15) is 34.5 Å². The summed E-state index contributed by atoms with van der Waals surface area (Å²) in [5.74, 6) is -0.441. The number of rotatable bonds is 8. The number of nitrogens with zero attached hydrogens (tertiary/aromatic N) is 5. The van der Waals surface area contributed by atoms with Gasteiger partial charge in [0.1, 0.15) is 5.25 Å². The van der Waals surface area contributed by atoms with E-state index >= 15 is 0 Å². The molecule has 2 heterocycles. The van der Waals surface area contributed by atoms with Gasteiger partial charge in [0.2, 0.25) is 5.91 Å². The minimum atomic E-state index is -0.565. The first kappa shape index (κ1) is 24.4. The number of hydrogen-bond acceptors (Lipinski definition) is 6. The van der Waals surface area contributed by atoms with Gasteiger partial charge in [-0.15, -0.1) is 0 Å². The van der Waals surface area contributed by atoms with Crippen LogP contribution in [-0.2, 0) is 22.7 Å². The summed E-state index contributed by atoms with van der Waals surface area (Å²) in [7, 11) is 1.62. The van der Waals surface area contributed by atoms with Gasteiger partial charge in [0.25, 0.3) is 5.91 Å². The lowest BCUT2D eigenvalue weighted by atomic mass is 10.2. The highest BCUT2D eigenvalue weighted by Gasteiger charge is 2.39. The molecule has 1 N–H and O–H groups in total. The van der Waals surface area contributed by atoms with Crippen LogP contribution in [0.2, 0.25) is 0 Å². The molecule has 0 saturated carbocycles. The van der Waals surface area contributed by atoms with Crippen LogP contribution in [0.3, 0.4) is 0 Å². The van der Waals surface area contributed by atoms with Gasteiger partial charge in [-0.25, -0.2) is 0 Å². The predicted octanol–water partition coefficient (Wildman–Crippen LogP) is 3.52. The normalized spacial score (nSPS) is 17.0. The molecular formula is C26H28N6O2S. The van der Waals surface area contributed by atoms with Gasteiger partial charge in [0.15, 0.2) is 5.17 Å². The molecule has 9 heteroatoms. The Morgan fingerprint density at radius 3 is 2.40 bits per heavy atom. The SMILES string of the molecule is CN=C1S[C@H](CC(=O)NCc2ccccc2)C(=O)N1/N=C\c1c(C)nn(Cc2ccccc2)c1C. The third kappa shape index (κ3) is 5.86. The molecule has 1 aliphatic rings. The molecule has 0 bridgehead atoms. The van der Waals surface area contributed by atoms with E-state index in [0.717, 1.165) is 28.1 Å². The molecule has 2 amide bonds. The molecule has 1 saturated heterocycles. The van der Waals surface area contributed by atoms with Crippen molar-refractivity contribution in [2.75, 3.05) is 7.05 Å². The number of carbonyl (C=O) groups excluding carboxylic acids is 2. The van der Waals surface area contributed by atoms with E-state index < -0.39 is 5.25 Å². The number of carbonyl (C=O) groups is 2. The Morgan fingerprint density at radius 2 is 1.74 bits per heavy atom. The van der Waals surface area contributed by atoms with Crippen molar-refractivity contribution in [2.24, 2.45) is 10.1 Å². The molecule has 0 radical (unpaired) electrons. The molecule has 180 valence electrons. The lowest BCUT2D eigenvalue weighted by Crippen LogP contribution is -2.32. The van der Waals surface area contributed by atoms with E-state index in [1.807, 2.05) is 67.1 Å². The van der Waals surface area contributed by atoms with Crippen LogP contribution in [0, 0.1) is 13.8 Å². The highest BCUT2D eigenvalue weighted by Crippen LogP contribution is 2.30. The summed E-state index contributed by atoms with van der Waals surface area (Å²) in [6, 6.07) is 19.8. The molecule has 0 unspecified atom stereocenters. The zero-order valence-electron chi connectivity index (χ0n) is 20.0. The van der Waals surface area contributed by atoms with Crippen LogP contribution in [0.4, 0.5) is 0 Å². The maximum Gasteiger partial charge on any atom is 0.263 e. The number of amides is 2. The van der Waals surface area contributed by atoms with Gasteiger partial charge in [-0.2, -0.15) is 15.2 Å². The van der Waals surface area contributed by atoms with Crippen molar-refractivity contribution in [1.82, 2.24) is 20.1 Å². The maximum absolute atomic E-state index is 13.0. The number of hydrogen-bond donors (Lipinski definition) is 1. The number of aliphatic imine (C=N–C) groups is 1. The zero-order chi connectivity index (χ0) is 24.8. The Hall–Kier alpha value is -3.72. The minimum absolute atomic E-state index is 0.0639. The molecule has 4 rings (SSSR count). The van der Waals surface area contributed by atoms with Gasteiger partial charge >= 0.3 is 0 Å². The monoisotopic (exact) mass is 488 g/mol. The van der Waals surface area contributed by atoms with E-state index in [9.17, 15) is 9.59 Å². The lowest BCUT2D eigenvalue weighted by molar-refractivity contribution is -0.129. The van der Waals surface area contributed by atoms with E-state index in [1.165, 1.54) is 16.8 Å². The largest absolute Gasteiger partial charge is 0.352 e. The lowest BCUT2D eigenvalue weighted by Gasteiger charge is -2.10. The number of amidine groups is 1. The first-order chi connectivity index (χ1) is 17.0. The minimum Gasteiger partial charge on any atom is -0.352 e. The summed E-state index contributed by atoms with van der Waals surface area (Å²) in [5, 5.41) is 13.2. The fourth-order valence-electron chi connectivity index (χ4n) is 3.80. The molecule has 0 spiro atoms. The summed E-state index contributed by atoms with van der Waals surface area (Å²) in [6.45, 7) is 4.99. The molecular weight excluding hydrogens is 460 g/mol. The van der Waals surface area contributed by atoms with Gasteiger partial charge in [-0.05, 0) is 25.0 Å². The topological polar surface area (TPSA) is 91.9 Å². The third-order valence-corrected chi connectivity index (χ3v) is 6.94. The Morgan fingerprint density at radius 1 is 1.09 bits per heavy atom. The van der Waals surface area contributed by atoms with Crippen LogP contribution in [0.15, 0.2) is 70.8 Å². The van der Waals surface area contributed by atoms with E-state index in [4.69, 9.17) is 0 Å². The molecule has 35 heavy (non-hydrogen) atoms. The van der Waals surface area contributed by atoms with Crippen molar-refractivity contribution in [1.29, 1.82) is 0 Å². The van der Waals surface area contributed by atoms with Crippen LogP contribution < -0.4 is 5.32 Å². The molecule has 1 aliphatic heterocycles. The first-order valence-electron chi connectivity index (χ1n) is 11.4. The van der Waals surface area contributed by atoms with E-state index in [1.54, 1.807) is 13.3 Å². The van der Waals surface area contributed by atoms with Crippen molar-refractivity contribution in [3.05, 3.63) is 88.7 Å². The van der Waals surface area contributed by atoms with Gasteiger partial charge in [0, 0.05) is 31.3 Å². The van der Waals surface area contributed by atoms with Crippen LogP contribution >= 0.6 is 11.8 Å². The van der Waals surface area contributed by atoms with E-state index in [0.29, 0.717) is 18.3 Å². The van der Waals surface area contributed by atoms with Crippen molar-refractivity contribution >= 4 is 35.0 Å². The third-order valence-electron chi connectivity index (χ3n) is 5.72. The maximum atomic E-state index is 13.0. The van der Waals surface area contributed by atoms with Crippen molar-refractivity contribution in [3.8, 4) is 0 Å². The highest BCUT2D eigenvalue weighted by molar-refractivity contribution is 8.15. The number of thioether (sulfide) groups is 1. The summed E-state index contributed by atoms with van der Waals surface area (Å²) in [4.78, 5) is 29.7. The first-order valence-corrected chi connectivity index (χ1v) is 12.2. The average molecular weight is 489 g/mol. The van der Waals surface area contributed by atoms with Crippen molar-refractivity contribution < 1.29 is 9.59 Å². The number of benzene rings is 2. The quantitative estimate of drug-likeness (QED) is 0.491. The molecule has 1 aromatic heterocycles. The summed E-state index contributed by atoms with van der Waals surface area (Å²) in [5.41, 5.74) is 4.81. The molecule has 2 aromatic carbocycles. The Balaban J connectivity index is 1.42. The second kappa shape index (κ2) is 11.1. The van der Waals surface area contributed by atoms with Gasteiger partial charge < -0.3 is 5.32 Å². The van der Waals surface area contributed by atoms with Crippen LogP contribution in [0.5, 0.6) is 0 Å². The summed E-state index contributed by atoms with van der Waals surface area (Å²) in [6.07, 6.45) is 1.72. The molecule has 1 fully saturated rings. The summed E-state index contributed by atoms with van der Waals surface area (Å²) >= 11 is 1.26. The van der Waals surface area contributed by atoms with Crippen LogP contribution in [0.25, 0.3) is 0 Å². The number of aryl methyl sites for hydroxylation is 1. The molecule has 0 aliphatic carbocycles. The Labute approximate surface area is 209 Å². The van der Waals surface area contributed by atoms with Gasteiger partial charge in [-0.1, -0.05) is 72.4 Å². The van der Waals surface area contributed by atoms with E-state index in [-0.39, 0.29) is 18.2 Å². The second-order valence-corrected chi connectivity index (χ2v) is 9.37. The Bertz CT molecular complexity index is 1250. The number of nitrogens with one attached hydrogen (secondary N) is 1. The fourth-order valence-corrected chi connectivity index (χ4v) is 4.83. The Kier molecular flexibility index (Phi) is 7.77. The average Bonchev–Trinajstić information content (AvgIpc) is 3.31. The van der Waals surface area contributed by atoms with Crippen LogP contribution in [-0.4, -0.2) is 50.3 Å². The second-order valence-electron chi connectivity index (χ2n) is 8.20. The van der Waals surface area contributed by atoms with Crippen molar-refractivity contribution in [3.63, 3.8) is 0 Å². The molecule has 8 nitrogen and oxygen atoms in total. The highest BCUT2D eigenvalue weighted by atomic mass is 32.2. The number of hydrazone groups is 1. The fraction of sp³-hybridized carbons (Fsp3) is 0.269. The molecule has 3 aromatic rings.